The van der Waals surface area contributed by atoms with Gasteiger partial charge in [0.1, 0.15) is 10.8 Å². The zero-order chi connectivity index (χ0) is 17.2. The van der Waals surface area contributed by atoms with Gasteiger partial charge < -0.3 is 5.11 Å². The van der Waals surface area contributed by atoms with E-state index >= 15 is 0 Å². The highest BCUT2D eigenvalue weighted by atomic mass is 32.1. The summed E-state index contributed by atoms with van der Waals surface area (Å²) in [6, 6.07) is 20.6. The van der Waals surface area contributed by atoms with Gasteiger partial charge >= 0.3 is 0 Å². The van der Waals surface area contributed by atoms with Crippen LogP contribution in [-0.2, 0) is 5.41 Å². The number of aromatic hydroxyl groups is 1. The van der Waals surface area contributed by atoms with Gasteiger partial charge in [-0.2, -0.15) is 0 Å². The molecule has 1 aromatic heterocycles. The van der Waals surface area contributed by atoms with Gasteiger partial charge in [0.15, 0.2) is 0 Å². The van der Waals surface area contributed by atoms with Crippen molar-refractivity contribution >= 4 is 21.6 Å². The van der Waals surface area contributed by atoms with Crippen LogP contribution in [0.25, 0.3) is 31.9 Å². The van der Waals surface area contributed by atoms with Crippen LogP contribution in [-0.4, -0.2) is 10.1 Å². The van der Waals surface area contributed by atoms with Crippen LogP contribution in [0.2, 0.25) is 0 Å². The molecule has 25 heavy (non-hydrogen) atoms. The first-order valence-corrected chi connectivity index (χ1v) is 9.20. The molecule has 1 aliphatic carbocycles. The molecule has 0 radical (unpaired) electrons. The van der Waals surface area contributed by atoms with Crippen molar-refractivity contribution in [2.45, 2.75) is 19.3 Å². The average Bonchev–Trinajstić information content (AvgIpc) is 3.13. The molecule has 122 valence electrons. The molecule has 5 rings (SSSR count). The summed E-state index contributed by atoms with van der Waals surface area (Å²) in [6.07, 6.45) is 0. The van der Waals surface area contributed by atoms with E-state index in [1.165, 1.54) is 16.7 Å². The highest BCUT2D eigenvalue weighted by Gasteiger charge is 2.36. The monoisotopic (exact) mass is 343 g/mol. The molecule has 1 heterocycles. The molecule has 3 heteroatoms. The molecule has 0 spiro atoms. The molecule has 4 aromatic rings. The number of phenolic OH excluding ortho intramolecular Hbond substituents is 1. The van der Waals surface area contributed by atoms with Crippen molar-refractivity contribution in [1.82, 2.24) is 4.98 Å². The molecule has 0 unspecified atom stereocenters. The fourth-order valence-electron chi connectivity index (χ4n) is 3.89. The van der Waals surface area contributed by atoms with E-state index in [9.17, 15) is 5.11 Å². The molecule has 0 aliphatic heterocycles. The molecule has 0 saturated carbocycles. The maximum Gasteiger partial charge on any atom is 0.128 e. The minimum atomic E-state index is -0.0783. The van der Waals surface area contributed by atoms with Gasteiger partial charge in [-0.15, -0.1) is 11.3 Å². The summed E-state index contributed by atoms with van der Waals surface area (Å²) in [4.78, 5) is 4.72. The molecule has 0 bridgehead atoms. The SMILES string of the molecule is CC1(C)c2ccccc2-c2cc(O)c(-c3nc4ccccc4s3)cc21. The largest absolute Gasteiger partial charge is 0.507 e. The van der Waals surface area contributed by atoms with E-state index in [0.717, 1.165) is 26.4 Å². The quantitative estimate of drug-likeness (QED) is 0.461. The summed E-state index contributed by atoms with van der Waals surface area (Å²) in [6.45, 7) is 4.49. The maximum absolute atomic E-state index is 10.7. The van der Waals surface area contributed by atoms with Crippen molar-refractivity contribution in [3.63, 3.8) is 0 Å². The standard InChI is InChI=1S/C22H17NOS/c1-22(2)16-8-4-3-7-13(16)14-12-19(24)15(11-17(14)22)21-23-18-9-5-6-10-20(18)25-21/h3-12,24H,1-2H3. The lowest BCUT2D eigenvalue weighted by molar-refractivity contribution is 0.477. The third kappa shape index (κ3) is 1.99. The zero-order valence-electron chi connectivity index (χ0n) is 14.1. The van der Waals surface area contributed by atoms with Crippen molar-refractivity contribution < 1.29 is 5.11 Å². The Hall–Kier alpha value is -2.65. The van der Waals surface area contributed by atoms with Crippen LogP contribution in [0.1, 0.15) is 25.0 Å². The Morgan fingerprint density at radius 2 is 1.60 bits per heavy atom. The fraction of sp³-hybridized carbons (Fsp3) is 0.136. The van der Waals surface area contributed by atoms with Crippen molar-refractivity contribution in [2.75, 3.05) is 0 Å². The predicted molar refractivity (Wildman–Crippen MR) is 104 cm³/mol. The number of benzene rings is 3. The van der Waals surface area contributed by atoms with E-state index in [1.54, 1.807) is 11.3 Å². The van der Waals surface area contributed by atoms with E-state index in [0.29, 0.717) is 5.75 Å². The van der Waals surface area contributed by atoms with Gasteiger partial charge in [-0.05, 0) is 46.5 Å². The Morgan fingerprint density at radius 1 is 0.840 bits per heavy atom. The van der Waals surface area contributed by atoms with Crippen LogP contribution in [0.3, 0.4) is 0 Å². The highest BCUT2D eigenvalue weighted by Crippen LogP contribution is 2.51. The van der Waals surface area contributed by atoms with Gasteiger partial charge in [0.2, 0.25) is 0 Å². The third-order valence-electron chi connectivity index (χ3n) is 5.22. The predicted octanol–water partition coefficient (Wildman–Crippen LogP) is 5.98. The second-order valence-electron chi connectivity index (χ2n) is 7.07. The lowest BCUT2D eigenvalue weighted by Crippen LogP contribution is -2.14. The number of fused-ring (bicyclic) bond motifs is 4. The van der Waals surface area contributed by atoms with Crippen LogP contribution >= 0.6 is 11.3 Å². The third-order valence-corrected chi connectivity index (χ3v) is 6.29. The molecule has 0 saturated heterocycles. The van der Waals surface area contributed by atoms with Gasteiger partial charge in [0, 0.05) is 5.41 Å². The lowest BCUT2D eigenvalue weighted by atomic mass is 9.82. The summed E-state index contributed by atoms with van der Waals surface area (Å²) < 4.78 is 1.14. The molecular weight excluding hydrogens is 326 g/mol. The smallest absolute Gasteiger partial charge is 0.128 e. The van der Waals surface area contributed by atoms with Crippen molar-refractivity contribution in [3.8, 4) is 27.4 Å². The number of aromatic nitrogens is 1. The Bertz CT molecular complexity index is 1110. The lowest BCUT2D eigenvalue weighted by Gasteiger charge is -2.22. The normalized spacial score (nSPS) is 14.5. The van der Waals surface area contributed by atoms with Gasteiger partial charge in [-0.1, -0.05) is 50.2 Å². The zero-order valence-corrected chi connectivity index (χ0v) is 14.9. The number of hydrogen-bond acceptors (Lipinski definition) is 3. The molecule has 1 N–H and O–H groups in total. The number of hydrogen-bond donors (Lipinski definition) is 1. The van der Waals surface area contributed by atoms with Crippen LogP contribution in [0, 0.1) is 0 Å². The van der Waals surface area contributed by atoms with Crippen molar-refractivity contribution in [2.24, 2.45) is 0 Å². The highest BCUT2D eigenvalue weighted by molar-refractivity contribution is 7.21. The van der Waals surface area contributed by atoms with Gasteiger partial charge in [0.25, 0.3) is 0 Å². The topological polar surface area (TPSA) is 33.1 Å². The summed E-state index contributed by atoms with van der Waals surface area (Å²) >= 11 is 1.62. The van der Waals surface area contributed by atoms with Crippen LogP contribution < -0.4 is 0 Å². The molecular formula is C22H17NOS. The average molecular weight is 343 g/mol. The Balaban J connectivity index is 1.76. The second-order valence-corrected chi connectivity index (χ2v) is 8.10. The van der Waals surface area contributed by atoms with Crippen LogP contribution in [0.4, 0.5) is 0 Å². The number of rotatable bonds is 1. The minimum Gasteiger partial charge on any atom is -0.507 e. The molecule has 1 aliphatic rings. The first-order valence-electron chi connectivity index (χ1n) is 8.39. The van der Waals surface area contributed by atoms with Gasteiger partial charge in [-0.25, -0.2) is 4.98 Å². The van der Waals surface area contributed by atoms with E-state index in [-0.39, 0.29) is 5.41 Å². The van der Waals surface area contributed by atoms with Crippen molar-refractivity contribution in [3.05, 3.63) is 71.8 Å². The molecule has 0 amide bonds. The Labute approximate surface area is 150 Å². The van der Waals surface area contributed by atoms with Crippen LogP contribution in [0.5, 0.6) is 5.75 Å². The summed E-state index contributed by atoms with van der Waals surface area (Å²) in [5, 5.41) is 11.6. The number of para-hydroxylation sites is 1. The number of nitrogens with zero attached hydrogens (tertiary/aromatic N) is 1. The minimum absolute atomic E-state index is 0.0783. The number of thiazole rings is 1. The summed E-state index contributed by atoms with van der Waals surface area (Å²) in [5.41, 5.74) is 6.62. The van der Waals surface area contributed by atoms with E-state index in [1.807, 2.05) is 24.3 Å². The van der Waals surface area contributed by atoms with Crippen LogP contribution in [0.15, 0.2) is 60.7 Å². The first-order chi connectivity index (χ1) is 12.1. The van der Waals surface area contributed by atoms with E-state index in [4.69, 9.17) is 4.98 Å². The van der Waals surface area contributed by atoms with Gasteiger partial charge in [0.05, 0.1) is 15.8 Å². The molecule has 2 nitrogen and oxygen atoms in total. The van der Waals surface area contributed by atoms with E-state index < -0.39 is 0 Å². The molecule has 0 fully saturated rings. The number of phenols is 1. The van der Waals surface area contributed by atoms with Gasteiger partial charge in [-0.3, -0.25) is 0 Å². The summed E-state index contributed by atoms with van der Waals surface area (Å²) in [7, 11) is 0. The summed E-state index contributed by atoms with van der Waals surface area (Å²) in [5.74, 6) is 0.297. The van der Waals surface area contributed by atoms with E-state index in [2.05, 4.69) is 50.2 Å². The van der Waals surface area contributed by atoms with Crippen molar-refractivity contribution in [1.29, 1.82) is 0 Å². The second kappa shape index (κ2) is 4.93. The Kier molecular flexibility index (Phi) is 2.89. The fourth-order valence-corrected chi connectivity index (χ4v) is 4.89. The maximum atomic E-state index is 10.7. The molecule has 3 aromatic carbocycles. The Morgan fingerprint density at radius 3 is 2.44 bits per heavy atom. The first kappa shape index (κ1) is 14.7. The molecule has 0 atom stereocenters.